The Morgan fingerprint density at radius 1 is 1.32 bits per heavy atom. The average Bonchev–Trinajstić information content (AvgIpc) is 2.93. The fourth-order valence-electron chi connectivity index (χ4n) is 2.49. The largest absolute Gasteiger partial charge is 0.481 e. The number of nitrogens with one attached hydrogen (secondary N) is 1. The molecule has 0 aliphatic heterocycles. The van der Waals surface area contributed by atoms with Gasteiger partial charge in [0.15, 0.2) is 0 Å². The summed E-state index contributed by atoms with van der Waals surface area (Å²) in [5, 5.41) is 20.6. The van der Waals surface area contributed by atoms with Gasteiger partial charge in [-0.2, -0.15) is 5.26 Å². The van der Waals surface area contributed by atoms with Gasteiger partial charge in [-0.05, 0) is 17.5 Å². The molecule has 5 nitrogen and oxygen atoms in total. The highest BCUT2D eigenvalue weighted by molar-refractivity contribution is 6.00. The standard InChI is InChI=1S/C14H14N2O3/c1-14(2)10(11(14)13(18)19)12(17)16-9-6-4-3-5-8(9)7-15/h3-6,10-11H,1-2H3,(H,16,17)(H,18,19). The summed E-state index contributed by atoms with van der Waals surface area (Å²) in [5.74, 6) is -2.53. The van der Waals surface area contributed by atoms with E-state index in [1.807, 2.05) is 6.07 Å². The molecule has 98 valence electrons. The van der Waals surface area contributed by atoms with Crippen LogP contribution in [-0.4, -0.2) is 17.0 Å². The van der Waals surface area contributed by atoms with Gasteiger partial charge in [0.2, 0.25) is 5.91 Å². The zero-order valence-corrected chi connectivity index (χ0v) is 10.7. The summed E-state index contributed by atoms with van der Waals surface area (Å²) in [6.07, 6.45) is 0. The highest BCUT2D eigenvalue weighted by Crippen LogP contribution is 2.58. The van der Waals surface area contributed by atoms with E-state index in [-0.39, 0.29) is 5.91 Å². The number of hydrogen-bond donors (Lipinski definition) is 2. The smallest absolute Gasteiger partial charge is 0.307 e. The molecule has 1 aromatic carbocycles. The Balaban J connectivity index is 2.16. The minimum absolute atomic E-state index is 0.347. The Labute approximate surface area is 110 Å². The number of nitrogens with zero attached hydrogens (tertiary/aromatic N) is 1. The summed E-state index contributed by atoms with van der Waals surface area (Å²) < 4.78 is 0. The molecule has 1 saturated carbocycles. The maximum absolute atomic E-state index is 12.1. The summed E-state index contributed by atoms with van der Waals surface area (Å²) in [5.41, 5.74) is 0.236. The summed E-state index contributed by atoms with van der Waals surface area (Å²) >= 11 is 0. The lowest BCUT2D eigenvalue weighted by atomic mass is 10.1. The monoisotopic (exact) mass is 258 g/mol. The number of carbonyl (C=O) groups excluding carboxylic acids is 1. The molecule has 2 rings (SSSR count). The number of rotatable bonds is 3. The van der Waals surface area contributed by atoms with Crippen molar-refractivity contribution in [2.75, 3.05) is 5.32 Å². The third-order valence-electron chi connectivity index (χ3n) is 3.68. The van der Waals surface area contributed by atoms with Gasteiger partial charge >= 0.3 is 5.97 Å². The van der Waals surface area contributed by atoms with Crippen LogP contribution in [-0.2, 0) is 9.59 Å². The molecule has 2 atom stereocenters. The number of anilines is 1. The predicted molar refractivity (Wildman–Crippen MR) is 68.2 cm³/mol. The van der Waals surface area contributed by atoms with Crippen molar-refractivity contribution in [1.29, 1.82) is 5.26 Å². The first kappa shape index (κ1) is 13.1. The van der Waals surface area contributed by atoms with E-state index in [0.717, 1.165) is 0 Å². The summed E-state index contributed by atoms with van der Waals surface area (Å²) in [7, 11) is 0. The van der Waals surface area contributed by atoms with Gasteiger partial charge in [-0.3, -0.25) is 9.59 Å². The van der Waals surface area contributed by atoms with Crippen LogP contribution in [0.25, 0.3) is 0 Å². The van der Waals surface area contributed by atoms with Crippen LogP contribution < -0.4 is 5.32 Å². The molecular weight excluding hydrogens is 244 g/mol. The van der Waals surface area contributed by atoms with E-state index in [2.05, 4.69) is 5.32 Å². The molecular formula is C14H14N2O3. The third kappa shape index (κ3) is 2.17. The van der Waals surface area contributed by atoms with Gasteiger partial charge in [0, 0.05) is 0 Å². The van der Waals surface area contributed by atoms with E-state index in [9.17, 15) is 9.59 Å². The van der Waals surface area contributed by atoms with E-state index >= 15 is 0 Å². The molecule has 2 N–H and O–H groups in total. The van der Waals surface area contributed by atoms with E-state index in [1.165, 1.54) is 0 Å². The third-order valence-corrected chi connectivity index (χ3v) is 3.68. The predicted octanol–water partition coefficient (Wildman–Crippen LogP) is 1.85. The van der Waals surface area contributed by atoms with Crippen molar-refractivity contribution in [3.63, 3.8) is 0 Å². The van der Waals surface area contributed by atoms with Crippen molar-refractivity contribution < 1.29 is 14.7 Å². The van der Waals surface area contributed by atoms with Crippen LogP contribution in [0.3, 0.4) is 0 Å². The van der Waals surface area contributed by atoms with Crippen molar-refractivity contribution >= 4 is 17.6 Å². The van der Waals surface area contributed by atoms with Crippen molar-refractivity contribution in [2.45, 2.75) is 13.8 Å². The van der Waals surface area contributed by atoms with Crippen LogP contribution in [0.4, 0.5) is 5.69 Å². The molecule has 1 aliphatic rings. The lowest BCUT2D eigenvalue weighted by molar-refractivity contribution is -0.140. The van der Waals surface area contributed by atoms with E-state index in [0.29, 0.717) is 11.3 Å². The first-order valence-electron chi connectivity index (χ1n) is 5.92. The Kier molecular flexibility index (Phi) is 3.03. The molecule has 0 saturated heterocycles. The number of carboxylic acid groups (broad SMARTS) is 1. The van der Waals surface area contributed by atoms with E-state index in [1.54, 1.807) is 38.1 Å². The van der Waals surface area contributed by atoms with Crippen molar-refractivity contribution in [1.82, 2.24) is 0 Å². The lowest BCUT2D eigenvalue weighted by Gasteiger charge is -2.07. The number of benzene rings is 1. The second-order valence-corrected chi connectivity index (χ2v) is 5.26. The van der Waals surface area contributed by atoms with E-state index in [4.69, 9.17) is 10.4 Å². The highest BCUT2D eigenvalue weighted by atomic mass is 16.4. The van der Waals surface area contributed by atoms with Gasteiger partial charge in [0.25, 0.3) is 0 Å². The molecule has 0 bridgehead atoms. The summed E-state index contributed by atoms with van der Waals surface area (Å²) in [4.78, 5) is 23.1. The fraction of sp³-hybridized carbons (Fsp3) is 0.357. The molecule has 19 heavy (non-hydrogen) atoms. The van der Waals surface area contributed by atoms with Gasteiger partial charge in [0.05, 0.1) is 23.1 Å². The minimum Gasteiger partial charge on any atom is -0.481 e. The van der Waals surface area contributed by atoms with Crippen LogP contribution in [0.5, 0.6) is 0 Å². The molecule has 5 heteroatoms. The van der Waals surface area contributed by atoms with Crippen molar-refractivity contribution in [3.05, 3.63) is 29.8 Å². The Morgan fingerprint density at radius 2 is 1.95 bits per heavy atom. The first-order valence-corrected chi connectivity index (χ1v) is 5.92. The fourth-order valence-corrected chi connectivity index (χ4v) is 2.49. The van der Waals surface area contributed by atoms with Gasteiger partial charge in [-0.25, -0.2) is 0 Å². The maximum atomic E-state index is 12.1. The summed E-state index contributed by atoms with van der Waals surface area (Å²) in [6, 6.07) is 8.63. The first-order chi connectivity index (χ1) is 8.89. The molecule has 0 aromatic heterocycles. The van der Waals surface area contributed by atoms with Crippen molar-refractivity contribution in [3.8, 4) is 6.07 Å². The zero-order valence-electron chi connectivity index (χ0n) is 10.7. The molecule has 2 unspecified atom stereocenters. The second kappa shape index (κ2) is 4.39. The van der Waals surface area contributed by atoms with Crippen LogP contribution in [0.1, 0.15) is 19.4 Å². The molecule has 1 aromatic rings. The number of carbonyl (C=O) groups is 2. The Morgan fingerprint density at radius 3 is 2.47 bits per heavy atom. The molecule has 0 radical (unpaired) electrons. The lowest BCUT2D eigenvalue weighted by Crippen LogP contribution is -2.18. The molecule has 0 spiro atoms. The van der Waals surface area contributed by atoms with Gasteiger partial charge < -0.3 is 10.4 Å². The van der Waals surface area contributed by atoms with Gasteiger partial charge in [0.1, 0.15) is 6.07 Å². The highest BCUT2D eigenvalue weighted by Gasteiger charge is 2.65. The van der Waals surface area contributed by atoms with Gasteiger partial charge in [-0.1, -0.05) is 26.0 Å². The molecule has 1 amide bonds. The summed E-state index contributed by atoms with van der Waals surface area (Å²) in [6.45, 7) is 3.51. The van der Waals surface area contributed by atoms with Crippen LogP contribution >= 0.6 is 0 Å². The van der Waals surface area contributed by atoms with Crippen molar-refractivity contribution in [2.24, 2.45) is 17.3 Å². The number of carboxylic acids is 1. The SMILES string of the molecule is CC1(C)C(C(=O)O)C1C(=O)Nc1ccccc1C#N. The second-order valence-electron chi connectivity index (χ2n) is 5.26. The number of para-hydroxylation sites is 1. The molecule has 0 heterocycles. The minimum atomic E-state index is -0.960. The van der Waals surface area contributed by atoms with E-state index < -0.39 is 23.2 Å². The number of hydrogen-bond acceptors (Lipinski definition) is 3. The Bertz CT molecular complexity index is 587. The maximum Gasteiger partial charge on any atom is 0.307 e. The average molecular weight is 258 g/mol. The number of aliphatic carboxylic acids is 1. The zero-order chi connectivity index (χ0) is 14.2. The Hall–Kier alpha value is -2.35. The normalized spacial score (nSPS) is 23.2. The topological polar surface area (TPSA) is 90.2 Å². The van der Waals surface area contributed by atoms with Crippen LogP contribution in [0, 0.1) is 28.6 Å². The number of nitriles is 1. The van der Waals surface area contributed by atoms with Crippen LogP contribution in [0.2, 0.25) is 0 Å². The quantitative estimate of drug-likeness (QED) is 0.865. The number of amides is 1. The molecule has 1 fully saturated rings. The van der Waals surface area contributed by atoms with Gasteiger partial charge in [-0.15, -0.1) is 0 Å². The molecule has 1 aliphatic carbocycles. The van der Waals surface area contributed by atoms with Crippen LogP contribution in [0.15, 0.2) is 24.3 Å².